The molecule has 1 aliphatic rings. The number of hydrogen-bond acceptors (Lipinski definition) is 6. The van der Waals surface area contributed by atoms with E-state index in [1.807, 2.05) is 0 Å². The Kier molecular flexibility index (Phi) is 2.64. The second kappa shape index (κ2) is 4.29. The molecule has 2 aromatic rings. The molecule has 0 bridgehead atoms. The summed E-state index contributed by atoms with van der Waals surface area (Å²) in [6.07, 6.45) is 5.27. The van der Waals surface area contributed by atoms with Crippen LogP contribution >= 0.6 is 11.6 Å². The molecule has 0 radical (unpaired) electrons. The zero-order valence-electron chi connectivity index (χ0n) is 8.93. The van der Waals surface area contributed by atoms with Gasteiger partial charge in [0.15, 0.2) is 5.82 Å². The fraction of sp³-hybridized carbons (Fsp3) is 0.400. The molecule has 0 atom stereocenters. The maximum absolute atomic E-state index is 5.90. The van der Waals surface area contributed by atoms with E-state index in [0.717, 1.165) is 18.7 Å². The largest absolute Gasteiger partial charge is 0.360 e. The lowest BCUT2D eigenvalue weighted by atomic mass is 10.4. The Labute approximate surface area is 102 Å². The highest BCUT2D eigenvalue weighted by Gasteiger charge is 2.28. The van der Waals surface area contributed by atoms with Crippen LogP contribution in [0.2, 0.25) is 5.02 Å². The third-order valence-electron chi connectivity index (χ3n) is 2.50. The molecule has 88 valence electrons. The van der Waals surface area contributed by atoms with E-state index >= 15 is 0 Å². The Morgan fingerprint density at radius 1 is 1.47 bits per heavy atom. The summed E-state index contributed by atoms with van der Waals surface area (Å²) in [5.74, 6) is 2.40. The normalized spacial score (nSPS) is 14.9. The zero-order chi connectivity index (χ0) is 11.7. The van der Waals surface area contributed by atoms with Gasteiger partial charge in [0.25, 0.3) is 0 Å². The van der Waals surface area contributed by atoms with E-state index < -0.39 is 0 Å². The van der Waals surface area contributed by atoms with Gasteiger partial charge in [-0.05, 0) is 12.8 Å². The van der Waals surface area contributed by atoms with Crippen LogP contribution < -0.4 is 5.32 Å². The predicted molar refractivity (Wildman–Crippen MR) is 60.6 cm³/mol. The first kappa shape index (κ1) is 10.5. The van der Waals surface area contributed by atoms with Crippen LogP contribution in [0.5, 0.6) is 0 Å². The van der Waals surface area contributed by atoms with Crippen LogP contribution in [0.3, 0.4) is 0 Å². The van der Waals surface area contributed by atoms with Gasteiger partial charge in [-0.3, -0.25) is 0 Å². The van der Waals surface area contributed by atoms with Crippen LogP contribution in [0.1, 0.15) is 30.5 Å². The molecule has 1 N–H and O–H groups in total. The highest BCUT2D eigenvalue weighted by molar-refractivity contribution is 6.32. The Bertz CT molecular complexity index is 525. The average molecular weight is 252 g/mol. The number of nitrogens with zero attached hydrogens (tertiary/aromatic N) is 4. The summed E-state index contributed by atoms with van der Waals surface area (Å²) in [6.45, 7) is 0.413. The van der Waals surface area contributed by atoms with E-state index in [9.17, 15) is 0 Å². The van der Waals surface area contributed by atoms with E-state index in [2.05, 4.69) is 25.4 Å². The molecule has 1 saturated carbocycles. The monoisotopic (exact) mass is 251 g/mol. The number of rotatable bonds is 4. The second-order valence-electron chi connectivity index (χ2n) is 3.89. The highest BCUT2D eigenvalue weighted by atomic mass is 35.5. The van der Waals surface area contributed by atoms with Crippen LogP contribution in [0.4, 0.5) is 5.82 Å². The standard InChI is InChI=1S/C10H10ClN5O/c11-7-3-12-5-14-10(7)13-4-8-15-9(16-17-8)6-1-2-6/h3,5-6H,1-2,4H2,(H,12,13,14). The molecular weight excluding hydrogens is 242 g/mol. The minimum absolute atomic E-state index is 0.413. The molecule has 7 heteroatoms. The van der Waals surface area contributed by atoms with Crippen molar-refractivity contribution >= 4 is 17.4 Å². The summed E-state index contributed by atoms with van der Waals surface area (Å²) in [5, 5.41) is 7.41. The first-order valence-electron chi connectivity index (χ1n) is 5.35. The topological polar surface area (TPSA) is 76.7 Å². The van der Waals surface area contributed by atoms with Crippen molar-refractivity contribution in [3.05, 3.63) is 29.3 Å². The number of nitrogens with one attached hydrogen (secondary N) is 1. The molecule has 1 aliphatic carbocycles. The van der Waals surface area contributed by atoms with Gasteiger partial charge in [0.1, 0.15) is 17.2 Å². The van der Waals surface area contributed by atoms with Gasteiger partial charge in [-0.15, -0.1) is 0 Å². The molecule has 0 aromatic carbocycles. The first-order valence-corrected chi connectivity index (χ1v) is 5.72. The first-order chi connectivity index (χ1) is 8.33. The summed E-state index contributed by atoms with van der Waals surface area (Å²) >= 11 is 5.90. The maximum atomic E-state index is 5.90. The van der Waals surface area contributed by atoms with E-state index in [1.165, 1.54) is 12.5 Å². The van der Waals surface area contributed by atoms with Gasteiger partial charge in [0, 0.05) is 5.92 Å². The second-order valence-corrected chi connectivity index (χ2v) is 4.30. The highest BCUT2D eigenvalue weighted by Crippen LogP contribution is 2.38. The van der Waals surface area contributed by atoms with Crippen LogP contribution in [0.25, 0.3) is 0 Å². The predicted octanol–water partition coefficient (Wildman–Crippen LogP) is 2.00. The van der Waals surface area contributed by atoms with Crippen molar-refractivity contribution < 1.29 is 4.52 Å². The molecule has 17 heavy (non-hydrogen) atoms. The lowest BCUT2D eigenvalue weighted by Gasteiger charge is -2.02. The third kappa shape index (κ3) is 2.36. The van der Waals surface area contributed by atoms with Crippen molar-refractivity contribution in [2.24, 2.45) is 0 Å². The molecule has 0 amide bonds. The average Bonchev–Trinajstić information content (AvgIpc) is 3.08. The van der Waals surface area contributed by atoms with Crippen LogP contribution in [0.15, 0.2) is 17.0 Å². The Balaban J connectivity index is 1.65. The van der Waals surface area contributed by atoms with E-state index in [4.69, 9.17) is 16.1 Å². The summed E-state index contributed by atoms with van der Waals surface area (Å²) in [4.78, 5) is 12.1. The maximum Gasteiger partial charge on any atom is 0.245 e. The lowest BCUT2D eigenvalue weighted by Crippen LogP contribution is -2.02. The van der Waals surface area contributed by atoms with Gasteiger partial charge < -0.3 is 9.84 Å². The van der Waals surface area contributed by atoms with Gasteiger partial charge in [0.05, 0.1) is 12.7 Å². The smallest absolute Gasteiger partial charge is 0.245 e. The van der Waals surface area contributed by atoms with Gasteiger partial charge >= 0.3 is 0 Å². The molecular formula is C10H10ClN5O. The molecule has 0 saturated heterocycles. The summed E-state index contributed by atoms with van der Waals surface area (Å²) in [5.41, 5.74) is 0. The van der Waals surface area contributed by atoms with Crippen LogP contribution in [-0.2, 0) is 6.54 Å². The number of aromatic nitrogens is 4. The SMILES string of the molecule is Clc1cncnc1NCc1nc(C2CC2)no1. The molecule has 2 aromatic heterocycles. The zero-order valence-corrected chi connectivity index (χ0v) is 9.68. The quantitative estimate of drug-likeness (QED) is 0.896. The van der Waals surface area contributed by atoms with E-state index in [-0.39, 0.29) is 0 Å². The lowest BCUT2D eigenvalue weighted by molar-refractivity contribution is 0.378. The molecule has 1 fully saturated rings. The van der Waals surface area contributed by atoms with Gasteiger partial charge in [-0.25, -0.2) is 9.97 Å². The van der Waals surface area contributed by atoms with E-state index in [0.29, 0.717) is 29.2 Å². The Morgan fingerprint density at radius 2 is 2.35 bits per heavy atom. The minimum atomic E-state index is 0.413. The minimum Gasteiger partial charge on any atom is -0.360 e. The number of anilines is 1. The molecule has 6 nitrogen and oxygen atoms in total. The van der Waals surface area contributed by atoms with Crippen molar-refractivity contribution in [2.45, 2.75) is 25.3 Å². The van der Waals surface area contributed by atoms with Crippen molar-refractivity contribution in [2.75, 3.05) is 5.32 Å². The summed E-state index contributed by atoms with van der Waals surface area (Å²) in [6, 6.07) is 0. The molecule has 0 spiro atoms. The Morgan fingerprint density at radius 3 is 3.12 bits per heavy atom. The summed E-state index contributed by atoms with van der Waals surface area (Å²) < 4.78 is 5.12. The van der Waals surface area contributed by atoms with Crippen molar-refractivity contribution in [3.63, 3.8) is 0 Å². The molecule has 3 rings (SSSR count). The summed E-state index contributed by atoms with van der Waals surface area (Å²) in [7, 11) is 0. The fourth-order valence-electron chi connectivity index (χ4n) is 1.45. The van der Waals surface area contributed by atoms with Gasteiger partial charge in [-0.1, -0.05) is 16.8 Å². The Hall–Kier alpha value is -1.69. The van der Waals surface area contributed by atoms with Gasteiger partial charge in [-0.2, -0.15) is 4.98 Å². The van der Waals surface area contributed by atoms with Crippen molar-refractivity contribution in [1.29, 1.82) is 0 Å². The third-order valence-corrected chi connectivity index (χ3v) is 2.78. The fourth-order valence-corrected chi connectivity index (χ4v) is 1.62. The van der Waals surface area contributed by atoms with E-state index in [1.54, 1.807) is 0 Å². The molecule has 2 heterocycles. The van der Waals surface area contributed by atoms with Crippen molar-refractivity contribution in [1.82, 2.24) is 20.1 Å². The number of hydrogen-bond donors (Lipinski definition) is 1. The van der Waals surface area contributed by atoms with Crippen molar-refractivity contribution in [3.8, 4) is 0 Å². The molecule has 0 aliphatic heterocycles. The van der Waals surface area contributed by atoms with Crippen LogP contribution in [0, 0.1) is 0 Å². The molecule has 0 unspecified atom stereocenters. The number of halogens is 1. The van der Waals surface area contributed by atoms with Crippen LogP contribution in [-0.4, -0.2) is 20.1 Å². The van der Waals surface area contributed by atoms with Gasteiger partial charge in [0.2, 0.25) is 5.89 Å².